The average Bonchev–Trinajstić information content (AvgIpc) is 2.74. The number of rotatable bonds is 2. The highest BCUT2D eigenvalue weighted by Crippen LogP contribution is 2.28. The van der Waals surface area contributed by atoms with Gasteiger partial charge in [-0.25, -0.2) is 0 Å². The molecular weight excluding hydrogens is 260 g/mol. The molecule has 1 fully saturated rings. The number of carbonyl (C=O) groups is 1. The topological polar surface area (TPSA) is 83.7 Å². The van der Waals surface area contributed by atoms with Crippen LogP contribution in [0, 0.1) is 10.1 Å². The van der Waals surface area contributed by atoms with E-state index in [1.54, 1.807) is 0 Å². The van der Waals surface area contributed by atoms with Crippen LogP contribution in [-0.2, 0) is 0 Å². The molecule has 0 aromatic heterocycles. The van der Waals surface area contributed by atoms with E-state index in [4.69, 9.17) is 11.6 Å². The number of aliphatic hydroxyl groups excluding tert-OH is 1. The van der Waals surface area contributed by atoms with E-state index in [0.29, 0.717) is 13.0 Å². The van der Waals surface area contributed by atoms with Crippen LogP contribution in [0.25, 0.3) is 0 Å². The number of aliphatic hydroxyl groups is 1. The lowest BCUT2D eigenvalue weighted by Gasteiger charge is -2.16. The summed E-state index contributed by atoms with van der Waals surface area (Å²) in [6.45, 7) is 0.559. The molecule has 1 N–H and O–H groups in total. The quantitative estimate of drug-likeness (QED) is 0.651. The molecule has 1 amide bonds. The van der Waals surface area contributed by atoms with Crippen molar-refractivity contribution in [1.82, 2.24) is 4.90 Å². The number of nitro groups is 1. The van der Waals surface area contributed by atoms with Crippen molar-refractivity contribution in [2.45, 2.75) is 12.5 Å². The number of nitro benzene ring substituents is 1. The smallest absolute Gasteiger partial charge is 0.283 e. The Hall–Kier alpha value is -1.66. The third-order valence-electron chi connectivity index (χ3n) is 2.85. The summed E-state index contributed by atoms with van der Waals surface area (Å²) in [5.41, 5.74) is -0.424. The Morgan fingerprint density at radius 3 is 2.83 bits per heavy atom. The van der Waals surface area contributed by atoms with Gasteiger partial charge in [0.1, 0.15) is 5.56 Å². The third kappa shape index (κ3) is 2.30. The molecule has 1 aromatic carbocycles. The molecule has 96 valence electrons. The Kier molecular flexibility index (Phi) is 3.49. The summed E-state index contributed by atoms with van der Waals surface area (Å²) < 4.78 is 0. The zero-order valence-electron chi connectivity index (χ0n) is 9.38. The fourth-order valence-electron chi connectivity index (χ4n) is 1.96. The average molecular weight is 271 g/mol. The maximum Gasteiger partial charge on any atom is 0.283 e. The minimum atomic E-state index is -0.633. The van der Waals surface area contributed by atoms with Crippen LogP contribution in [0.1, 0.15) is 16.8 Å². The van der Waals surface area contributed by atoms with Crippen molar-refractivity contribution in [3.8, 4) is 0 Å². The summed E-state index contributed by atoms with van der Waals surface area (Å²) in [5.74, 6) is -0.510. The van der Waals surface area contributed by atoms with Crippen molar-refractivity contribution in [2.24, 2.45) is 0 Å². The monoisotopic (exact) mass is 270 g/mol. The molecule has 1 saturated heterocycles. The predicted molar refractivity (Wildman–Crippen MR) is 64.6 cm³/mol. The summed E-state index contributed by atoms with van der Waals surface area (Å²) in [4.78, 5) is 23.8. The van der Waals surface area contributed by atoms with E-state index in [1.807, 2.05) is 0 Å². The molecule has 0 saturated carbocycles. The van der Waals surface area contributed by atoms with Crippen LogP contribution >= 0.6 is 11.6 Å². The number of halogens is 1. The zero-order valence-corrected chi connectivity index (χ0v) is 10.1. The molecule has 1 heterocycles. The van der Waals surface area contributed by atoms with Gasteiger partial charge in [-0.1, -0.05) is 17.7 Å². The van der Waals surface area contributed by atoms with Crippen LogP contribution in [0.3, 0.4) is 0 Å². The molecule has 7 heteroatoms. The molecule has 1 aliphatic heterocycles. The van der Waals surface area contributed by atoms with Crippen LogP contribution in [-0.4, -0.2) is 40.0 Å². The summed E-state index contributed by atoms with van der Waals surface area (Å²) in [6, 6.07) is 4.11. The van der Waals surface area contributed by atoms with Crippen molar-refractivity contribution in [1.29, 1.82) is 0 Å². The van der Waals surface area contributed by atoms with E-state index in [-0.39, 0.29) is 22.8 Å². The van der Waals surface area contributed by atoms with Gasteiger partial charge in [-0.05, 0) is 12.5 Å². The van der Waals surface area contributed by atoms with Crippen LogP contribution in [0.4, 0.5) is 5.69 Å². The minimum absolute atomic E-state index is 0.0515. The molecule has 1 unspecified atom stereocenters. The molecule has 6 nitrogen and oxygen atoms in total. The van der Waals surface area contributed by atoms with Crippen molar-refractivity contribution in [3.63, 3.8) is 0 Å². The van der Waals surface area contributed by atoms with Crippen molar-refractivity contribution in [2.75, 3.05) is 13.1 Å². The standard InChI is InChI=1S/C11H11ClN2O4/c12-8-2-1-3-9(14(17)18)10(8)11(16)13-5-4-7(15)6-13/h1-3,7,15H,4-6H2. The van der Waals surface area contributed by atoms with Gasteiger partial charge in [0.25, 0.3) is 11.6 Å². The number of likely N-dealkylation sites (tertiary alicyclic amines) is 1. The second-order valence-electron chi connectivity index (χ2n) is 4.08. The first-order valence-electron chi connectivity index (χ1n) is 5.41. The maximum atomic E-state index is 12.2. The molecule has 1 aliphatic rings. The molecular formula is C11H11ClN2O4. The van der Waals surface area contributed by atoms with E-state index in [1.165, 1.54) is 23.1 Å². The Bertz CT molecular complexity index is 506. The molecule has 1 atom stereocenters. The van der Waals surface area contributed by atoms with E-state index >= 15 is 0 Å². The van der Waals surface area contributed by atoms with Crippen molar-refractivity contribution < 1.29 is 14.8 Å². The first kappa shape index (κ1) is 12.8. The van der Waals surface area contributed by atoms with E-state index in [9.17, 15) is 20.0 Å². The second kappa shape index (κ2) is 4.91. The first-order valence-corrected chi connectivity index (χ1v) is 5.78. The Labute approximate surface area is 108 Å². The van der Waals surface area contributed by atoms with Crippen LogP contribution in [0.5, 0.6) is 0 Å². The van der Waals surface area contributed by atoms with E-state index in [2.05, 4.69) is 0 Å². The molecule has 2 rings (SSSR count). The van der Waals surface area contributed by atoms with Gasteiger partial charge in [-0.15, -0.1) is 0 Å². The van der Waals surface area contributed by atoms with Gasteiger partial charge >= 0.3 is 0 Å². The van der Waals surface area contributed by atoms with Crippen LogP contribution < -0.4 is 0 Å². The van der Waals surface area contributed by atoms with Gasteiger partial charge in [0.15, 0.2) is 0 Å². The van der Waals surface area contributed by atoms with Gasteiger partial charge in [-0.3, -0.25) is 14.9 Å². The van der Waals surface area contributed by atoms with Gasteiger partial charge < -0.3 is 10.0 Å². The fourth-order valence-corrected chi connectivity index (χ4v) is 2.21. The minimum Gasteiger partial charge on any atom is -0.391 e. The summed E-state index contributed by atoms with van der Waals surface area (Å²) in [5, 5.41) is 20.3. The van der Waals surface area contributed by atoms with E-state index in [0.717, 1.165) is 0 Å². The van der Waals surface area contributed by atoms with Gasteiger partial charge in [-0.2, -0.15) is 0 Å². The number of nitrogens with zero attached hydrogens (tertiary/aromatic N) is 2. The molecule has 0 bridgehead atoms. The third-order valence-corrected chi connectivity index (χ3v) is 3.17. The molecule has 0 aliphatic carbocycles. The van der Waals surface area contributed by atoms with Gasteiger partial charge in [0.05, 0.1) is 16.0 Å². The molecule has 0 spiro atoms. The maximum absolute atomic E-state index is 12.2. The summed E-state index contributed by atoms with van der Waals surface area (Å²) in [7, 11) is 0. The molecule has 0 radical (unpaired) electrons. The summed E-state index contributed by atoms with van der Waals surface area (Å²) >= 11 is 5.87. The number of carbonyl (C=O) groups excluding carboxylic acids is 1. The first-order chi connectivity index (χ1) is 8.50. The highest BCUT2D eigenvalue weighted by atomic mass is 35.5. The zero-order chi connectivity index (χ0) is 13.3. The highest BCUT2D eigenvalue weighted by Gasteiger charge is 2.31. The van der Waals surface area contributed by atoms with Gasteiger partial charge in [0.2, 0.25) is 0 Å². The number of β-amino-alcohol motifs (C(OH)–C–C–N with tert-alkyl or cyclic N) is 1. The lowest BCUT2D eigenvalue weighted by molar-refractivity contribution is -0.385. The number of benzene rings is 1. The normalized spacial score (nSPS) is 19.0. The fraction of sp³-hybridized carbons (Fsp3) is 0.364. The van der Waals surface area contributed by atoms with Crippen LogP contribution in [0.2, 0.25) is 5.02 Å². The lowest BCUT2D eigenvalue weighted by Crippen LogP contribution is -2.30. The number of hydrogen-bond donors (Lipinski definition) is 1. The van der Waals surface area contributed by atoms with Crippen molar-refractivity contribution >= 4 is 23.2 Å². The molecule has 1 aromatic rings. The second-order valence-corrected chi connectivity index (χ2v) is 4.49. The molecule has 18 heavy (non-hydrogen) atoms. The largest absolute Gasteiger partial charge is 0.391 e. The Balaban J connectivity index is 2.38. The SMILES string of the molecule is O=C(c1c(Cl)cccc1[N+](=O)[O-])N1CCC(O)C1. The van der Waals surface area contributed by atoms with E-state index < -0.39 is 16.9 Å². The number of hydrogen-bond acceptors (Lipinski definition) is 4. The number of amides is 1. The lowest BCUT2D eigenvalue weighted by atomic mass is 10.1. The van der Waals surface area contributed by atoms with Crippen LogP contribution in [0.15, 0.2) is 18.2 Å². The highest BCUT2D eigenvalue weighted by molar-refractivity contribution is 6.34. The Morgan fingerprint density at radius 1 is 1.56 bits per heavy atom. The summed E-state index contributed by atoms with van der Waals surface area (Å²) in [6.07, 6.45) is -0.0974. The predicted octanol–water partition coefficient (Wildman–Crippen LogP) is 1.45. The van der Waals surface area contributed by atoms with Crippen molar-refractivity contribution in [3.05, 3.63) is 38.9 Å². The van der Waals surface area contributed by atoms with Gasteiger partial charge in [0, 0.05) is 19.2 Å². The Morgan fingerprint density at radius 2 is 2.28 bits per heavy atom.